The highest BCUT2D eigenvalue weighted by molar-refractivity contribution is 5.81. The molecule has 1 aromatic carbocycles. The van der Waals surface area contributed by atoms with E-state index < -0.39 is 11.5 Å². The fourth-order valence-corrected chi connectivity index (χ4v) is 2.78. The molecule has 1 aliphatic rings. The second kappa shape index (κ2) is 7.57. The van der Waals surface area contributed by atoms with Gasteiger partial charge in [0.05, 0.1) is 6.61 Å². The van der Waals surface area contributed by atoms with E-state index in [0.717, 1.165) is 17.9 Å². The Morgan fingerprint density at radius 1 is 1.38 bits per heavy atom. The van der Waals surface area contributed by atoms with Crippen LogP contribution < -0.4 is 5.32 Å². The summed E-state index contributed by atoms with van der Waals surface area (Å²) in [6, 6.07) is 9.29. The third-order valence-corrected chi connectivity index (χ3v) is 4.32. The topological polar surface area (TPSA) is 58.6 Å². The second-order valence-corrected chi connectivity index (χ2v) is 5.75. The van der Waals surface area contributed by atoms with Gasteiger partial charge in [-0.05, 0) is 24.4 Å². The summed E-state index contributed by atoms with van der Waals surface area (Å²) < 4.78 is 5.73. The Kier molecular flexibility index (Phi) is 5.76. The summed E-state index contributed by atoms with van der Waals surface area (Å²) in [6.45, 7) is 3.28. The zero-order valence-electron chi connectivity index (χ0n) is 12.7. The summed E-state index contributed by atoms with van der Waals surface area (Å²) in [6.07, 6.45) is 4.94. The Morgan fingerprint density at radius 3 is 2.62 bits per heavy atom. The van der Waals surface area contributed by atoms with Gasteiger partial charge >= 0.3 is 5.97 Å². The number of ether oxygens (including phenoxy) is 1. The van der Waals surface area contributed by atoms with E-state index in [-0.39, 0.29) is 6.61 Å². The maximum absolute atomic E-state index is 11.9. The van der Waals surface area contributed by atoms with Gasteiger partial charge in [0.15, 0.2) is 5.54 Å². The number of carboxylic acids is 1. The molecule has 1 aliphatic carbocycles. The van der Waals surface area contributed by atoms with Gasteiger partial charge in [0, 0.05) is 6.61 Å². The van der Waals surface area contributed by atoms with Crippen molar-refractivity contribution in [2.75, 3.05) is 19.8 Å². The smallest absolute Gasteiger partial charge is 0.331 e. The highest BCUT2D eigenvalue weighted by Gasteiger charge is 2.40. The molecular weight excluding hydrogens is 266 g/mol. The van der Waals surface area contributed by atoms with Crippen LogP contribution in [0.2, 0.25) is 0 Å². The fourth-order valence-electron chi connectivity index (χ4n) is 2.78. The third-order valence-electron chi connectivity index (χ3n) is 4.32. The van der Waals surface area contributed by atoms with E-state index in [1.165, 1.54) is 19.3 Å². The van der Waals surface area contributed by atoms with Gasteiger partial charge in [-0.15, -0.1) is 0 Å². The SMILES string of the molecule is CCNC(COCCC1CCC1)(C(=O)O)c1ccccc1. The Balaban J connectivity index is 2.01. The molecule has 0 heterocycles. The highest BCUT2D eigenvalue weighted by Crippen LogP contribution is 2.29. The van der Waals surface area contributed by atoms with E-state index in [9.17, 15) is 9.90 Å². The lowest BCUT2D eigenvalue weighted by molar-refractivity contribution is -0.148. The molecule has 0 saturated heterocycles. The van der Waals surface area contributed by atoms with Crippen molar-refractivity contribution in [1.82, 2.24) is 5.32 Å². The van der Waals surface area contributed by atoms with Crippen molar-refractivity contribution in [2.24, 2.45) is 5.92 Å². The monoisotopic (exact) mass is 291 g/mol. The quantitative estimate of drug-likeness (QED) is 0.687. The lowest BCUT2D eigenvalue weighted by Crippen LogP contribution is -2.52. The van der Waals surface area contributed by atoms with Gasteiger partial charge in [-0.1, -0.05) is 56.5 Å². The van der Waals surface area contributed by atoms with Gasteiger partial charge in [0.2, 0.25) is 0 Å². The maximum atomic E-state index is 11.9. The molecule has 1 atom stereocenters. The third kappa shape index (κ3) is 3.83. The Labute approximate surface area is 126 Å². The first-order valence-electron chi connectivity index (χ1n) is 7.80. The molecule has 2 N–H and O–H groups in total. The molecule has 0 bridgehead atoms. The van der Waals surface area contributed by atoms with Crippen LogP contribution >= 0.6 is 0 Å². The summed E-state index contributed by atoms with van der Waals surface area (Å²) in [5.74, 6) is -0.112. The standard InChI is InChI=1S/C17H25NO3/c1-2-18-17(16(19)20,15-9-4-3-5-10-15)13-21-12-11-14-7-6-8-14/h3-5,9-10,14,18H,2,6-8,11-13H2,1H3,(H,19,20). The van der Waals surface area contributed by atoms with Crippen LogP contribution in [0.5, 0.6) is 0 Å². The molecule has 1 saturated carbocycles. The van der Waals surface area contributed by atoms with E-state index in [1.807, 2.05) is 37.3 Å². The lowest BCUT2D eigenvalue weighted by Gasteiger charge is -2.31. The number of hydrogen-bond donors (Lipinski definition) is 2. The number of benzene rings is 1. The minimum Gasteiger partial charge on any atom is -0.480 e. The summed E-state index contributed by atoms with van der Waals surface area (Å²) in [5.41, 5.74) is -0.418. The van der Waals surface area contributed by atoms with E-state index in [2.05, 4.69) is 5.32 Å². The van der Waals surface area contributed by atoms with E-state index >= 15 is 0 Å². The van der Waals surface area contributed by atoms with E-state index in [0.29, 0.717) is 13.2 Å². The van der Waals surface area contributed by atoms with E-state index in [4.69, 9.17) is 4.74 Å². The zero-order chi connectivity index (χ0) is 15.1. The van der Waals surface area contributed by atoms with Crippen LogP contribution in [0.4, 0.5) is 0 Å². The average molecular weight is 291 g/mol. The molecule has 116 valence electrons. The fraction of sp³-hybridized carbons (Fsp3) is 0.588. The molecule has 0 amide bonds. The molecular formula is C17H25NO3. The van der Waals surface area contributed by atoms with Crippen molar-refractivity contribution in [3.05, 3.63) is 35.9 Å². The molecule has 0 radical (unpaired) electrons. The molecule has 0 aromatic heterocycles. The first kappa shape index (κ1) is 16.0. The van der Waals surface area contributed by atoms with Crippen LogP contribution in [0.25, 0.3) is 0 Å². The number of rotatable bonds is 9. The van der Waals surface area contributed by atoms with Gasteiger partial charge < -0.3 is 9.84 Å². The Hall–Kier alpha value is -1.39. The minimum absolute atomic E-state index is 0.160. The number of aliphatic carboxylic acids is 1. The molecule has 2 rings (SSSR count). The van der Waals surface area contributed by atoms with Crippen molar-refractivity contribution in [3.8, 4) is 0 Å². The number of hydrogen-bond acceptors (Lipinski definition) is 3. The van der Waals surface area contributed by atoms with Crippen molar-refractivity contribution in [3.63, 3.8) is 0 Å². The number of nitrogens with one attached hydrogen (secondary N) is 1. The first-order valence-corrected chi connectivity index (χ1v) is 7.80. The predicted molar refractivity (Wildman–Crippen MR) is 82.2 cm³/mol. The van der Waals surface area contributed by atoms with Crippen molar-refractivity contribution in [1.29, 1.82) is 0 Å². The summed E-state index contributed by atoms with van der Waals surface area (Å²) in [7, 11) is 0. The molecule has 0 spiro atoms. The molecule has 4 heteroatoms. The lowest BCUT2D eigenvalue weighted by atomic mass is 9.83. The summed E-state index contributed by atoms with van der Waals surface area (Å²) in [5, 5.41) is 12.8. The van der Waals surface area contributed by atoms with Crippen LogP contribution in [0.3, 0.4) is 0 Å². The van der Waals surface area contributed by atoms with Crippen LogP contribution in [0.1, 0.15) is 38.2 Å². The number of likely N-dealkylation sites (N-methyl/N-ethyl adjacent to an activating group) is 1. The number of carbonyl (C=O) groups is 1. The largest absolute Gasteiger partial charge is 0.480 e. The van der Waals surface area contributed by atoms with Crippen molar-refractivity contribution < 1.29 is 14.6 Å². The highest BCUT2D eigenvalue weighted by atomic mass is 16.5. The molecule has 1 fully saturated rings. The Bertz CT molecular complexity index is 445. The average Bonchev–Trinajstić information content (AvgIpc) is 2.44. The zero-order valence-corrected chi connectivity index (χ0v) is 12.7. The summed E-state index contributed by atoms with van der Waals surface area (Å²) >= 11 is 0. The van der Waals surface area contributed by atoms with Crippen LogP contribution in [0.15, 0.2) is 30.3 Å². The normalized spacial score (nSPS) is 18.0. The predicted octanol–water partition coefficient (Wildman–Crippen LogP) is 2.78. The molecule has 4 nitrogen and oxygen atoms in total. The maximum Gasteiger partial charge on any atom is 0.331 e. The molecule has 1 aromatic rings. The summed E-state index contributed by atoms with van der Waals surface area (Å²) in [4.78, 5) is 11.9. The van der Waals surface area contributed by atoms with Gasteiger partial charge in [0.1, 0.15) is 0 Å². The van der Waals surface area contributed by atoms with Crippen LogP contribution in [-0.4, -0.2) is 30.8 Å². The van der Waals surface area contributed by atoms with Gasteiger partial charge in [0.25, 0.3) is 0 Å². The Morgan fingerprint density at radius 2 is 2.10 bits per heavy atom. The molecule has 1 unspecified atom stereocenters. The van der Waals surface area contributed by atoms with Gasteiger partial charge in [-0.3, -0.25) is 5.32 Å². The van der Waals surface area contributed by atoms with Crippen molar-refractivity contribution >= 4 is 5.97 Å². The first-order chi connectivity index (χ1) is 10.2. The van der Waals surface area contributed by atoms with Gasteiger partial charge in [-0.2, -0.15) is 0 Å². The van der Waals surface area contributed by atoms with Crippen LogP contribution in [-0.2, 0) is 15.1 Å². The molecule has 0 aliphatic heterocycles. The second-order valence-electron chi connectivity index (χ2n) is 5.75. The molecule has 21 heavy (non-hydrogen) atoms. The van der Waals surface area contributed by atoms with E-state index in [1.54, 1.807) is 0 Å². The van der Waals surface area contributed by atoms with Crippen LogP contribution in [0, 0.1) is 5.92 Å². The van der Waals surface area contributed by atoms with Crippen molar-refractivity contribution in [2.45, 2.75) is 38.1 Å². The van der Waals surface area contributed by atoms with Gasteiger partial charge in [-0.25, -0.2) is 4.79 Å². The minimum atomic E-state index is -1.16. The number of carboxylic acid groups (broad SMARTS) is 1.